The molecule has 232 valence electrons. The monoisotopic (exact) mass is 631 g/mol. The van der Waals surface area contributed by atoms with Crippen LogP contribution in [0.15, 0.2) is 71.9 Å². The summed E-state index contributed by atoms with van der Waals surface area (Å²) in [7, 11) is 1.55. The number of carbonyl (C=O) groups is 2. The van der Waals surface area contributed by atoms with E-state index in [9.17, 15) is 18.4 Å². The van der Waals surface area contributed by atoms with Crippen molar-refractivity contribution in [2.75, 3.05) is 25.5 Å². The molecule has 12 heteroatoms. The number of carbonyl (C=O) groups excluding carboxylic acids is 2. The minimum Gasteiger partial charge on any atom is -0.358 e. The minimum atomic E-state index is -0.971. The number of amides is 2. The highest BCUT2D eigenvalue weighted by molar-refractivity contribution is 6.31. The Morgan fingerprint density at radius 3 is 2.36 bits per heavy atom. The second-order valence-electron chi connectivity index (χ2n) is 10.7. The lowest BCUT2D eigenvalue weighted by Crippen LogP contribution is -2.59. The molecule has 0 saturated carbocycles. The summed E-state index contributed by atoms with van der Waals surface area (Å²) < 4.78 is 29.6. The molecule has 2 aliphatic heterocycles. The summed E-state index contributed by atoms with van der Waals surface area (Å²) in [6.07, 6.45) is 2.38. The summed E-state index contributed by atoms with van der Waals surface area (Å²) in [5, 5.41) is 6.14. The fraction of sp³-hybridized carbons (Fsp3) is 0.242. The first-order valence-corrected chi connectivity index (χ1v) is 14.4. The Bertz CT molecular complexity index is 1790. The molecule has 3 heterocycles. The fourth-order valence-electron chi connectivity index (χ4n) is 5.51. The van der Waals surface area contributed by atoms with Gasteiger partial charge in [0.15, 0.2) is 0 Å². The van der Waals surface area contributed by atoms with Crippen molar-refractivity contribution >= 4 is 40.8 Å². The number of likely N-dealkylation sites (N-methyl/N-ethyl adjacent to an activating group) is 1. The molecule has 0 aliphatic carbocycles. The van der Waals surface area contributed by atoms with Crippen molar-refractivity contribution in [2.45, 2.75) is 32.4 Å². The molecular weight excluding hydrogens is 600 g/mol. The number of nitrogens with zero attached hydrogens (tertiary/aromatic N) is 4. The summed E-state index contributed by atoms with van der Waals surface area (Å²) in [6.45, 7) is 0.869. The number of piperidine rings is 1. The van der Waals surface area contributed by atoms with Crippen molar-refractivity contribution in [2.24, 2.45) is 10.7 Å². The zero-order chi connectivity index (χ0) is 31.0. The molecular formula is C33H32ClF2N7O2. The number of aliphatic imine (C=N–C) groups is 1. The van der Waals surface area contributed by atoms with Gasteiger partial charge in [-0.05, 0) is 61.4 Å². The standard InChI is InChI=1S/C32H28ClF2N7O2.CH4/c1-37-30(44)32(36)11-13-42(14-12-32)29(43)18-5-8-21(9-6-18)40-31-39-17-19-16-38-28(26-24(34)3-2-4-25(26)35)23-15-20(33)7-10-22(23)27(19)41-31;/h2-10,15,17H,11-14,16,36H2,1H3,(H,37,44)(H,39,40,41);1H4. The van der Waals surface area contributed by atoms with Crippen molar-refractivity contribution in [3.05, 3.63) is 106 Å². The molecule has 1 saturated heterocycles. The quantitative estimate of drug-likeness (QED) is 0.268. The Morgan fingerprint density at radius 2 is 1.69 bits per heavy atom. The van der Waals surface area contributed by atoms with Gasteiger partial charge in [-0.2, -0.15) is 0 Å². The fourth-order valence-corrected chi connectivity index (χ4v) is 5.69. The summed E-state index contributed by atoms with van der Waals surface area (Å²) in [6, 6.07) is 15.6. The third-order valence-electron chi connectivity index (χ3n) is 7.97. The van der Waals surface area contributed by atoms with Gasteiger partial charge in [0.1, 0.15) is 11.6 Å². The van der Waals surface area contributed by atoms with Gasteiger partial charge in [0.05, 0.1) is 29.1 Å². The van der Waals surface area contributed by atoms with Crippen molar-refractivity contribution in [1.29, 1.82) is 0 Å². The topological polar surface area (TPSA) is 126 Å². The number of likely N-dealkylation sites (tertiary alicyclic amines) is 1. The highest BCUT2D eigenvalue weighted by Crippen LogP contribution is 2.35. The molecule has 2 amide bonds. The molecule has 4 aromatic rings. The number of hydrogen-bond donors (Lipinski definition) is 3. The Labute approximate surface area is 264 Å². The molecule has 3 aromatic carbocycles. The van der Waals surface area contributed by atoms with E-state index in [2.05, 4.69) is 20.6 Å². The third-order valence-corrected chi connectivity index (χ3v) is 8.21. The minimum absolute atomic E-state index is 0. The van der Waals surface area contributed by atoms with E-state index in [-0.39, 0.29) is 43.0 Å². The maximum absolute atomic E-state index is 14.8. The SMILES string of the molecule is C.CNC(=O)C1(N)CCN(C(=O)c2ccc(Nc3ncc4c(n3)-c3ccc(Cl)cc3C(c3c(F)cccc3F)=NC4)cc2)CC1. The van der Waals surface area contributed by atoms with Crippen LogP contribution in [0.2, 0.25) is 5.02 Å². The zero-order valence-corrected chi connectivity index (χ0v) is 24.5. The number of benzene rings is 3. The van der Waals surface area contributed by atoms with Crippen LogP contribution in [-0.2, 0) is 11.3 Å². The molecule has 4 N–H and O–H groups in total. The maximum Gasteiger partial charge on any atom is 0.253 e. The number of fused-ring (bicyclic) bond motifs is 3. The van der Waals surface area contributed by atoms with Gasteiger partial charge in [-0.25, -0.2) is 18.7 Å². The smallest absolute Gasteiger partial charge is 0.253 e. The molecule has 0 radical (unpaired) electrons. The molecule has 9 nitrogen and oxygen atoms in total. The Morgan fingerprint density at radius 1 is 1.00 bits per heavy atom. The van der Waals surface area contributed by atoms with E-state index in [1.54, 1.807) is 60.6 Å². The van der Waals surface area contributed by atoms with Gasteiger partial charge >= 0.3 is 0 Å². The van der Waals surface area contributed by atoms with Crippen LogP contribution in [0, 0.1) is 11.6 Å². The van der Waals surface area contributed by atoms with Crippen LogP contribution in [0.4, 0.5) is 20.4 Å². The predicted octanol–water partition coefficient (Wildman–Crippen LogP) is 5.49. The van der Waals surface area contributed by atoms with E-state index in [1.165, 1.54) is 18.2 Å². The molecule has 0 bridgehead atoms. The largest absolute Gasteiger partial charge is 0.358 e. The zero-order valence-electron chi connectivity index (χ0n) is 23.7. The molecule has 1 aromatic heterocycles. The number of nitrogens with one attached hydrogen (secondary N) is 2. The van der Waals surface area contributed by atoms with E-state index in [4.69, 9.17) is 22.3 Å². The average Bonchev–Trinajstić information content (AvgIpc) is 3.17. The van der Waals surface area contributed by atoms with Crippen LogP contribution in [0.5, 0.6) is 0 Å². The van der Waals surface area contributed by atoms with Crippen LogP contribution in [-0.4, -0.2) is 58.1 Å². The van der Waals surface area contributed by atoms with Gasteiger partial charge in [0, 0.05) is 59.3 Å². The highest BCUT2D eigenvalue weighted by Gasteiger charge is 2.38. The molecule has 6 rings (SSSR count). The number of anilines is 2. The predicted molar refractivity (Wildman–Crippen MR) is 171 cm³/mol. The molecule has 0 atom stereocenters. The van der Waals surface area contributed by atoms with Crippen molar-refractivity contribution in [3.63, 3.8) is 0 Å². The summed E-state index contributed by atoms with van der Waals surface area (Å²) >= 11 is 6.31. The number of aromatic nitrogens is 2. The van der Waals surface area contributed by atoms with Crippen LogP contribution < -0.4 is 16.4 Å². The Hall–Kier alpha value is -4.74. The van der Waals surface area contributed by atoms with E-state index >= 15 is 0 Å². The van der Waals surface area contributed by atoms with E-state index in [1.807, 2.05) is 0 Å². The lowest BCUT2D eigenvalue weighted by atomic mass is 9.87. The van der Waals surface area contributed by atoms with Gasteiger partial charge in [0.25, 0.3) is 5.91 Å². The van der Waals surface area contributed by atoms with E-state index < -0.39 is 17.2 Å². The second kappa shape index (κ2) is 12.7. The highest BCUT2D eigenvalue weighted by atomic mass is 35.5. The van der Waals surface area contributed by atoms with Gasteiger partial charge in [-0.1, -0.05) is 31.2 Å². The van der Waals surface area contributed by atoms with Crippen LogP contribution in [0.1, 0.15) is 47.3 Å². The van der Waals surface area contributed by atoms with Crippen molar-refractivity contribution < 1.29 is 18.4 Å². The first-order chi connectivity index (χ1) is 21.2. The number of hydrogen-bond acceptors (Lipinski definition) is 7. The van der Waals surface area contributed by atoms with Crippen LogP contribution in [0.3, 0.4) is 0 Å². The number of rotatable bonds is 5. The summed E-state index contributed by atoms with van der Waals surface area (Å²) in [5.41, 5.74) is 8.59. The first kappa shape index (κ1) is 31.7. The molecule has 1 fully saturated rings. The first-order valence-electron chi connectivity index (χ1n) is 14.0. The lowest BCUT2D eigenvalue weighted by molar-refractivity contribution is -0.127. The Balaban J connectivity index is 0.00000400. The van der Waals surface area contributed by atoms with E-state index in [0.29, 0.717) is 64.6 Å². The second-order valence-corrected chi connectivity index (χ2v) is 11.2. The van der Waals surface area contributed by atoms with Gasteiger partial charge in [0.2, 0.25) is 11.9 Å². The van der Waals surface area contributed by atoms with Gasteiger partial charge in [-0.3, -0.25) is 14.6 Å². The molecule has 0 unspecified atom stereocenters. The van der Waals surface area contributed by atoms with E-state index in [0.717, 1.165) is 0 Å². The number of halogens is 3. The normalized spacial score (nSPS) is 15.0. The molecule has 2 aliphatic rings. The maximum atomic E-state index is 14.8. The lowest BCUT2D eigenvalue weighted by Gasteiger charge is -2.37. The molecule has 0 spiro atoms. The van der Waals surface area contributed by atoms with Crippen molar-refractivity contribution in [1.82, 2.24) is 20.2 Å². The third kappa shape index (κ3) is 6.13. The average molecular weight is 632 g/mol. The number of nitrogens with two attached hydrogens (primary N) is 1. The van der Waals surface area contributed by atoms with Gasteiger partial charge < -0.3 is 21.3 Å². The summed E-state index contributed by atoms with van der Waals surface area (Å²) in [4.78, 5) is 40.6. The van der Waals surface area contributed by atoms with Crippen LogP contribution in [0.25, 0.3) is 11.3 Å². The Kier molecular flexibility index (Phi) is 8.94. The van der Waals surface area contributed by atoms with Crippen LogP contribution >= 0.6 is 11.6 Å². The molecule has 45 heavy (non-hydrogen) atoms. The van der Waals surface area contributed by atoms with Crippen molar-refractivity contribution in [3.8, 4) is 11.3 Å². The summed E-state index contributed by atoms with van der Waals surface area (Å²) in [5.74, 6) is -1.54. The van der Waals surface area contributed by atoms with Gasteiger partial charge in [-0.15, -0.1) is 0 Å².